The molecule has 3 nitrogen and oxygen atoms in total. The molecular weight excluding hydrogens is 294 g/mol. The van der Waals surface area contributed by atoms with E-state index < -0.39 is 0 Å². The molecule has 3 aromatic heterocycles. The molecule has 0 fully saturated rings. The maximum absolute atomic E-state index is 4.60. The predicted molar refractivity (Wildman–Crippen MR) is 84.2 cm³/mol. The summed E-state index contributed by atoms with van der Waals surface area (Å²) in [6, 6.07) is 4.10. The molecule has 0 N–H and O–H groups in total. The summed E-state index contributed by atoms with van der Waals surface area (Å²) in [7, 11) is 0. The van der Waals surface area contributed by atoms with Gasteiger partial charge in [0.15, 0.2) is 0 Å². The van der Waals surface area contributed by atoms with E-state index in [4.69, 9.17) is 0 Å². The number of thiophene rings is 1. The van der Waals surface area contributed by atoms with Crippen LogP contribution in [0, 0.1) is 6.92 Å². The first-order valence-electron chi connectivity index (χ1n) is 5.71. The molecule has 0 aliphatic rings. The molecule has 0 atom stereocenters. The van der Waals surface area contributed by atoms with E-state index >= 15 is 0 Å². The fraction of sp³-hybridized carbons (Fsp3) is 0.154. The second-order valence-corrected chi connectivity index (χ2v) is 7.00. The Morgan fingerprint density at radius 1 is 1.42 bits per heavy atom. The van der Waals surface area contributed by atoms with Gasteiger partial charge in [-0.3, -0.25) is 0 Å². The number of hydrogen-bond donors (Lipinski definition) is 0. The maximum atomic E-state index is 4.60. The molecular formula is C13H11N3S3. The molecule has 0 spiro atoms. The van der Waals surface area contributed by atoms with E-state index in [0.717, 1.165) is 36.6 Å². The third-order valence-corrected chi connectivity index (χ3v) is 5.29. The first-order chi connectivity index (χ1) is 9.29. The highest BCUT2D eigenvalue weighted by Crippen LogP contribution is 2.36. The van der Waals surface area contributed by atoms with Crippen LogP contribution in [0.3, 0.4) is 0 Å². The lowest BCUT2D eigenvalue weighted by molar-refractivity contribution is 0.958. The summed E-state index contributed by atoms with van der Waals surface area (Å²) >= 11 is 4.98. The van der Waals surface area contributed by atoms with Crippen molar-refractivity contribution >= 4 is 44.7 Å². The SMILES string of the molecule is C=CCSc1nnc(-c2cccs2)c2sc(C)nc12. The minimum absolute atomic E-state index is 0.818. The van der Waals surface area contributed by atoms with Gasteiger partial charge in [0.05, 0.1) is 14.6 Å². The van der Waals surface area contributed by atoms with E-state index in [0.29, 0.717) is 0 Å². The molecule has 0 radical (unpaired) electrons. The minimum Gasteiger partial charge on any atom is -0.238 e. The molecule has 0 amide bonds. The lowest BCUT2D eigenvalue weighted by atomic mass is 10.3. The van der Waals surface area contributed by atoms with Crippen molar-refractivity contribution in [2.45, 2.75) is 11.9 Å². The Bertz CT molecular complexity index is 716. The van der Waals surface area contributed by atoms with Crippen molar-refractivity contribution in [3.05, 3.63) is 35.2 Å². The predicted octanol–water partition coefficient (Wildman–Crippen LogP) is 4.40. The second kappa shape index (κ2) is 5.40. The fourth-order valence-corrected chi connectivity index (χ4v) is 4.15. The summed E-state index contributed by atoms with van der Waals surface area (Å²) in [6.45, 7) is 5.75. The summed E-state index contributed by atoms with van der Waals surface area (Å²) in [4.78, 5) is 5.74. The largest absolute Gasteiger partial charge is 0.238 e. The van der Waals surface area contributed by atoms with Crippen LogP contribution in [0.2, 0.25) is 0 Å². The second-order valence-electron chi connectivity index (χ2n) is 3.84. The lowest BCUT2D eigenvalue weighted by Gasteiger charge is -2.01. The maximum Gasteiger partial charge on any atom is 0.146 e. The summed E-state index contributed by atoms with van der Waals surface area (Å²) in [5.41, 5.74) is 1.91. The molecule has 0 saturated carbocycles. The van der Waals surface area contributed by atoms with Crippen molar-refractivity contribution in [1.82, 2.24) is 15.2 Å². The van der Waals surface area contributed by atoms with Crippen LogP contribution in [-0.2, 0) is 0 Å². The van der Waals surface area contributed by atoms with Crippen LogP contribution >= 0.6 is 34.4 Å². The quantitative estimate of drug-likeness (QED) is 0.529. The van der Waals surface area contributed by atoms with Gasteiger partial charge in [-0.2, -0.15) is 0 Å². The highest BCUT2D eigenvalue weighted by Gasteiger charge is 2.15. The smallest absolute Gasteiger partial charge is 0.146 e. The number of aryl methyl sites for hydroxylation is 1. The molecule has 0 aliphatic heterocycles. The number of fused-ring (bicyclic) bond motifs is 1. The van der Waals surface area contributed by atoms with Gasteiger partial charge in [0, 0.05) is 5.75 Å². The van der Waals surface area contributed by atoms with Crippen LogP contribution in [0.4, 0.5) is 0 Å². The topological polar surface area (TPSA) is 38.7 Å². The highest BCUT2D eigenvalue weighted by molar-refractivity contribution is 7.99. The van der Waals surface area contributed by atoms with Crippen LogP contribution in [0.1, 0.15) is 5.01 Å². The zero-order valence-corrected chi connectivity index (χ0v) is 12.7. The van der Waals surface area contributed by atoms with Gasteiger partial charge in [0.25, 0.3) is 0 Å². The third-order valence-electron chi connectivity index (χ3n) is 2.49. The molecule has 96 valence electrons. The van der Waals surface area contributed by atoms with Crippen LogP contribution in [-0.4, -0.2) is 20.9 Å². The van der Waals surface area contributed by atoms with Crippen LogP contribution < -0.4 is 0 Å². The summed E-state index contributed by atoms with van der Waals surface area (Å²) in [6.07, 6.45) is 1.87. The first kappa shape index (κ1) is 12.8. The Labute approximate surface area is 123 Å². The normalized spacial score (nSPS) is 11.0. The van der Waals surface area contributed by atoms with Crippen molar-refractivity contribution in [3.8, 4) is 10.6 Å². The van der Waals surface area contributed by atoms with Gasteiger partial charge in [-0.25, -0.2) is 4.98 Å². The summed E-state index contributed by atoms with van der Waals surface area (Å²) < 4.78 is 1.13. The number of thioether (sulfide) groups is 1. The zero-order chi connectivity index (χ0) is 13.2. The van der Waals surface area contributed by atoms with Gasteiger partial charge >= 0.3 is 0 Å². The minimum atomic E-state index is 0.818. The van der Waals surface area contributed by atoms with E-state index in [9.17, 15) is 0 Å². The van der Waals surface area contributed by atoms with Crippen LogP contribution in [0.25, 0.3) is 20.8 Å². The van der Waals surface area contributed by atoms with Crippen molar-refractivity contribution in [3.63, 3.8) is 0 Å². The molecule has 3 rings (SSSR count). The average Bonchev–Trinajstić information content (AvgIpc) is 3.04. The van der Waals surface area contributed by atoms with Crippen LogP contribution in [0.5, 0.6) is 0 Å². The van der Waals surface area contributed by atoms with E-state index in [1.165, 1.54) is 0 Å². The van der Waals surface area contributed by atoms with Gasteiger partial charge in [0.1, 0.15) is 16.2 Å². The fourth-order valence-electron chi connectivity index (χ4n) is 1.73. The number of aromatic nitrogens is 3. The Hall–Kier alpha value is -1.24. The molecule has 0 saturated heterocycles. The zero-order valence-electron chi connectivity index (χ0n) is 10.3. The molecule has 0 unspecified atom stereocenters. The summed E-state index contributed by atoms with van der Waals surface area (Å²) in [5, 5.41) is 12.7. The third kappa shape index (κ3) is 2.43. The Morgan fingerprint density at radius 3 is 3.05 bits per heavy atom. The molecule has 0 bridgehead atoms. The van der Waals surface area contributed by atoms with Gasteiger partial charge < -0.3 is 0 Å². The van der Waals surface area contributed by atoms with Gasteiger partial charge in [-0.15, -0.1) is 39.4 Å². The molecule has 3 heterocycles. The van der Waals surface area contributed by atoms with Gasteiger partial charge in [0.2, 0.25) is 0 Å². The molecule has 6 heteroatoms. The monoisotopic (exact) mass is 305 g/mol. The first-order valence-corrected chi connectivity index (χ1v) is 8.39. The van der Waals surface area contributed by atoms with Crippen molar-refractivity contribution in [2.24, 2.45) is 0 Å². The van der Waals surface area contributed by atoms with Crippen molar-refractivity contribution in [2.75, 3.05) is 5.75 Å². The number of hydrogen-bond acceptors (Lipinski definition) is 6. The van der Waals surface area contributed by atoms with E-state index in [-0.39, 0.29) is 0 Å². The molecule has 0 aliphatic carbocycles. The average molecular weight is 305 g/mol. The lowest BCUT2D eigenvalue weighted by Crippen LogP contribution is -1.91. The molecule has 0 aromatic carbocycles. The molecule has 19 heavy (non-hydrogen) atoms. The number of nitrogens with zero attached hydrogens (tertiary/aromatic N) is 3. The van der Waals surface area contributed by atoms with E-state index in [2.05, 4.69) is 33.2 Å². The van der Waals surface area contributed by atoms with Gasteiger partial charge in [-0.1, -0.05) is 23.9 Å². The summed E-state index contributed by atoms with van der Waals surface area (Å²) in [5.74, 6) is 0.818. The Balaban J connectivity index is 2.18. The van der Waals surface area contributed by atoms with Gasteiger partial charge in [-0.05, 0) is 18.4 Å². The van der Waals surface area contributed by atoms with E-state index in [1.807, 2.05) is 19.1 Å². The van der Waals surface area contributed by atoms with E-state index in [1.54, 1.807) is 34.4 Å². The number of thiazole rings is 1. The Morgan fingerprint density at radius 2 is 2.32 bits per heavy atom. The van der Waals surface area contributed by atoms with Crippen molar-refractivity contribution < 1.29 is 0 Å². The van der Waals surface area contributed by atoms with Crippen LogP contribution in [0.15, 0.2) is 35.2 Å². The standard InChI is InChI=1S/C13H11N3S3/c1-3-6-18-13-11-12(19-8(2)14-11)10(15-16-13)9-5-4-7-17-9/h3-5,7H,1,6H2,2H3. The highest BCUT2D eigenvalue weighted by atomic mass is 32.2. The van der Waals surface area contributed by atoms with Crippen molar-refractivity contribution in [1.29, 1.82) is 0 Å². The molecule has 3 aromatic rings. The Kier molecular flexibility index (Phi) is 3.63. The number of rotatable bonds is 4.